The minimum absolute atomic E-state index is 0.498. The molecule has 0 saturated heterocycles. The fourth-order valence-electron chi connectivity index (χ4n) is 2.24. The molecule has 0 amide bonds. The van der Waals surface area contributed by atoms with Crippen LogP contribution in [0, 0.1) is 11.3 Å². The first-order chi connectivity index (χ1) is 9.69. The van der Waals surface area contributed by atoms with Gasteiger partial charge in [0.25, 0.3) is 0 Å². The van der Waals surface area contributed by atoms with E-state index in [2.05, 4.69) is 11.1 Å². The summed E-state index contributed by atoms with van der Waals surface area (Å²) in [7, 11) is 0. The van der Waals surface area contributed by atoms with Crippen LogP contribution in [-0.2, 0) is 6.42 Å². The van der Waals surface area contributed by atoms with Gasteiger partial charge in [-0.1, -0.05) is 29.8 Å². The molecule has 0 N–H and O–H groups in total. The largest absolute Gasteiger partial charge is 0.454 e. The van der Waals surface area contributed by atoms with Crippen LogP contribution >= 0.6 is 11.6 Å². The molecule has 0 fully saturated rings. The van der Waals surface area contributed by atoms with Crippen molar-refractivity contribution >= 4 is 17.4 Å². The minimum Gasteiger partial charge on any atom is -0.454 e. The van der Waals surface area contributed by atoms with Crippen molar-refractivity contribution in [2.45, 2.75) is 13.3 Å². The van der Waals surface area contributed by atoms with Crippen LogP contribution in [0.2, 0.25) is 5.02 Å². The minimum atomic E-state index is 0.498. The lowest BCUT2D eigenvalue weighted by molar-refractivity contribution is 0.508. The lowest BCUT2D eigenvalue weighted by atomic mass is 10.0. The molecule has 2 aromatic rings. The third-order valence-electron chi connectivity index (χ3n) is 3.22. The summed E-state index contributed by atoms with van der Waals surface area (Å²) in [4.78, 5) is 4.35. The van der Waals surface area contributed by atoms with Gasteiger partial charge in [-0.05, 0) is 30.2 Å². The molecule has 0 saturated carbocycles. The van der Waals surface area contributed by atoms with Crippen molar-refractivity contribution in [3.8, 4) is 11.8 Å². The van der Waals surface area contributed by atoms with Crippen molar-refractivity contribution in [1.29, 1.82) is 5.26 Å². The number of para-hydroxylation sites is 1. The predicted octanol–water partition coefficient (Wildman–Crippen LogP) is 3.97. The number of hydrogen-bond acceptors (Lipinski definition) is 3. The van der Waals surface area contributed by atoms with Crippen molar-refractivity contribution in [2.24, 2.45) is 0 Å². The fourth-order valence-corrected chi connectivity index (χ4v) is 2.42. The molecule has 1 aromatic carbocycles. The zero-order valence-corrected chi connectivity index (χ0v) is 11.6. The number of halogens is 1. The maximum atomic E-state index is 9.17. The van der Waals surface area contributed by atoms with Crippen molar-refractivity contribution in [2.75, 3.05) is 0 Å². The number of ether oxygens (including phenoxy) is 1. The third-order valence-corrected chi connectivity index (χ3v) is 3.43. The summed E-state index contributed by atoms with van der Waals surface area (Å²) in [6.07, 6.45) is 2.26. The maximum absolute atomic E-state index is 9.17. The predicted molar refractivity (Wildman–Crippen MR) is 77.3 cm³/mol. The van der Waals surface area contributed by atoms with Gasteiger partial charge in [0.15, 0.2) is 5.76 Å². The molecule has 2 heterocycles. The lowest BCUT2D eigenvalue weighted by Gasteiger charge is -2.10. The third kappa shape index (κ3) is 2.15. The van der Waals surface area contributed by atoms with E-state index >= 15 is 0 Å². The van der Waals surface area contributed by atoms with Crippen LogP contribution in [0.15, 0.2) is 42.1 Å². The van der Waals surface area contributed by atoms with Crippen LogP contribution in [0.5, 0.6) is 5.75 Å². The van der Waals surface area contributed by atoms with Gasteiger partial charge in [-0.3, -0.25) is 4.98 Å². The molecule has 1 aliphatic rings. The van der Waals surface area contributed by atoms with Gasteiger partial charge in [0.05, 0.1) is 16.7 Å². The summed E-state index contributed by atoms with van der Waals surface area (Å²) in [6.45, 7) is 1.73. The molecule has 3 nitrogen and oxygen atoms in total. The Kier molecular flexibility index (Phi) is 3.17. The molecule has 0 bridgehead atoms. The summed E-state index contributed by atoms with van der Waals surface area (Å²) < 4.78 is 5.93. The SMILES string of the molecule is CC(C#N)=C1Oc2ccccc2Cc2cc(Cl)cnc21. The highest BCUT2D eigenvalue weighted by Gasteiger charge is 2.21. The quantitative estimate of drug-likeness (QED) is 0.687. The van der Waals surface area contributed by atoms with Gasteiger partial charge in [-0.25, -0.2) is 0 Å². The second-order valence-corrected chi connectivity index (χ2v) is 5.05. The first-order valence-corrected chi connectivity index (χ1v) is 6.58. The van der Waals surface area contributed by atoms with Gasteiger partial charge in [0, 0.05) is 12.6 Å². The topological polar surface area (TPSA) is 45.9 Å². The van der Waals surface area contributed by atoms with E-state index in [1.165, 1.54) is 0 Å². The molecule has 0 radical (unpaired) electrons. The van der Waals surface area contributed by atoms with E-state index in [1.807, 2.05) is 30.3 Å². The van der Waals surface area contributed by atoms with Crippen LogP contribution < -0.4 is 4.74 Å². The first-order valence-electron chi connectivity index (χ1n) is 6.20. The molecular weight excluding hydrogens is 272 g/mol. The monoisotopic (exact) mass is 282 g/mol. The molecule has 20 heavy (non-hydrogen) atoms. The summed E-state index contributed by atoms with van der Waals surface area (Å²) >= 11 is 6.03. The Hall–Kier alpha value is -2.31. The average molecular weight is 283 g/mol. The van der Waals surface area contributed by atoms with Crippen LogP contribution in [0.3, 0.4) is 0 Å². The van der Waals surface area contributed by atoms with E-state index in [4.69, 9.17) is 21.6 Å². The molecule has 0 spiro atoms. The van der Waals surface area contributed by atoms with E-state index in [-0.39, 0.29) is 0 Å². The van der Waals surface area contributed by atoms with Crippen LogP contribution in [0.25, 0.3) is 5.76 Å². The van der Waals surface area contributed by atoms with Crippen molar-refractivity contribution in [3.05, 3.63) is 63.9 Å². The fraction of sp³-hybridized carbons (Fsp3) is 0.125. The molecule has 0 aliphatic carbocycles. The zero-order valence-electron chi connectivity index (χ0n) is 10.9. The molecule has 98 valence electrons. The number of fused-ring (bicyclic) bond motifs is 2. The van der Waals surface area contributed by atoms with Gasteiger partial charge >= 0.3 is 0 Å². The van der Waals surface area contributed by atoms with Gasteiger partial charge in [0.1, 0.15) is 11.4 Å². The van der Waals surface area contributed by atoms with Crippen molar-refractivity contribution in [1.82, 2.24) is 4.98 Å². The first kappa shape index (κ1) is 12.7. The normalized spacial score (nSPS) is 15.2. The Morgan fingerprint density at radius 1 is 1.35 bits per heavy atom. The second-order valence-electron chi connectivity index (χ2n) is 4.61. The van der Waals surface area contributed by atoms with Crippen LogP contribution in [0.1, 0.15) is 23.7 Å². The van der Waals surface area contributed by atoms with Crippen LogP contribution in [-0.4, -0.2) is 4.98 Å². The number of pyridine rings is 1. The highest BCUT2D eigenvalue weighted by atomic mass is 35.5. The Bertz CT molecular complexity index is 759. The Morgan fingerprint density at radius 3 is 2.95 bits per heavy atom. The molecule has 1 aliphatic heterocycles. The Morgan fingerprint density at radius 2 is 2.15 bits per heavy atom. The van der Waals surface area contributed by atoms with Gasteiger partial charge in [0.2, 0.25) is 0 Å². The summed E-state index contributed by atoms with van der Waals surface area (Å²) in [5, 5.41) is 9.75. The van der Waals surface area contributed by atoms with Gasteiger partial charge < -0.3 is 4.74 Å². The number of allylic oxidation sites excluding steroid dienone is 1. The van der Waals surface area contributed by atoms with E-state index in [1.54, 1.807) is 13.1 Å². The number of aromatic nitrogens is 1. The van der Waals surface area contributed by atoms with Gasteiger partial charge in [-0.2, -0.15) is 5.26 Å². The number of benzene rings is 1. The smallest absolute Gasteiger partial charge is 0.166 e. The number of rotatable bonds is 0. The zero-order chi connectivity index (χ0) is 14.1. The maximum Gasteiger partial charge on any atom is 0.166 e. The molecule has 0 unspecified atom stereocenters. The number of nitrogens with zero attached hydrogens (tertiary/aromatic N) is 2. The van der Waals surface area contributed by atoms with E-state index in [0.29, 0.717) is 28.5 Å². The Balaban J connectivity index is 2.28. The molecule has 3 rings (SSSR count). The summed E-state index contributed by atoms with van der Waals surface area (Å²) in [5.41, 5.74) is 3.20. The second kappa shape index (κ2) is 4.99. The molecule has 0 atom stereocenters. The Labute approximate surface area is 122 Å². The van der Waals surface area contributed by atoms with Crippen molar-refractivity contribution in [3.63, 3.8) is 0 Å². The van der Waals surface area contributed by atoms with Crippen LogP contribution in [0.4, 0.5) is 0 Å². The highest BCUT2D eigenvalue weighted by molar-refractivity contribution is 6.30. The van der Waals surface area contributed by atoms with E-state index in [9.17, 15) is 0 Å². The van der Waals surface area contributed by atoms with Crippen molar-refractivity contribution < 1.29 is 4.74 Å². The molecular formula is C16H11ClN2O. The van der Waals surface area contributed by atoms with Gasteiger partial charge in [-0.15, -0.1) is 0 Å². The summed E-state index contributed by atoms with van der Waals surface area (Å²) in [6, 6.07) is 11.8. The summed E-state index contributed by atoms with van der Waals surface area (Å²) in [5.74, 6) is 1.26. The number of nitriles is 1. The highest BCUT2D eigenvalue weighted by Crippen LogP contribution is 2.34. The van der Waals surface area contributed by atoms with E-state index in [0.717, 1.165) is 16.9 Å². The number of hydrogen-bond donors (Lipinski definition) is 0. The molecule has 1 aromatic heterocycles. The average Bonchev–Trinajstić information content (AvgIpc) is 2.62. The molecule has 4 heteroatoms. The lowest BCUT2D eigenvalue weighted by Crippen LogP contribution is -2.01. The van der Waals surface area contributed by atoms with E-state index < -0.39 is 0 Å². The standard InChI is InChI=1S/C16H11ClN2O/c1-10(8-18)16-15-12(7-13(17)9-19-15)6-11-4-2-3-5-14(11)20-16/h2-5,7,9H,6H2,1H3.